The first kappa shape index (κ1) is 37.4. The average Bonchev–Trinajstić information content (AvgIpc) is 3.94. The van der Waals surface area contributed by atoms with Crippen molar-refractivity contribution >= 4 is 11.9 Å². The number of ether oxygens (including phenoxy) is 3. The Bertz CT molecular complexity index is 2600. The van der Waals surface area contributed by atoms with Gasteiger partial charge in [-0.05, 0) is 88.9 Å². The molecule has 0 radical (unpaired) electrons. The molecule has 58 heavy (non-hydrogen) atoms. The number of hydrogen-bond acceptors (Lipinski definition) is 5. The molecule has 3 aliphatic rings. The summed E-state index contributed by atoms with van der Waals surface area (Å²) in [6.45, 7) is 8.10. The maximum absolute atomic E-state index is 14.4. The second-order valence-corrected chi connectivity index (χ2v) is 15.4. The number of fused-ring (bicyclic) bond motifs is 10. The largest absolute Gasteiger partial charge is 0.465 e. The molecule has 2 unspecified atom stereocenters. The minimum Gasteiger partial charge on any atom is -0.465 e. The normalized spacial score (nSPS) is 19.0. The van der Waals surface area contributed by atoms with Gasteiger partial charge in [0.25, 0.3) is 0 Å². The van der Waals surface area contributed by atoms with Gasteiger partial charge in [-0.1, -0.05) is 147 Å². The van der Waals surface area contributed by atoms with Crippen LogP contribution in [0.3, 0.4) is 0 Å². The van der Waals surface area contributed by atoms with Crippen molar-refractivity contribution in [1.29, 1.82) is 0 Å². The van der Waals surface area contributed by atoms with E-state index in [0.717, 1.165) is 79.6 Å². The highest BCUT2D eigenvalue weighted by atomic mass is 16.6. The van der Waals surface area contributed by atoms with Crippen LogP contribution in [0.4, 0.5) is 0 Å². The zero-order valence-electron chi connectivity index (χ0n) is 33.5. The Morgan fingerprint density at radius 3 is 1.57 bits per heavy atom. The predicted octanol–water partition coefficient (Wildman–Crippen LogP) is 10.0. The van der Waals surface area contributed by atoms with Crippen molar-refractivity contribution < 1.29 is 23.8 Å². The van der Waals surface area contributed by atoms with Gasteiger partial charge >= 0.3 is 11.9 Å². The molecule has 2 atom stereocenters. The molecule has 288 valence electrons. The van der Waals surface area contributed by atoms with Crippen LogP contribution in [0.25, 0.3) is 11.1 Å². The number of carbonyl (C=O) groups is 2. The second-order valence-electron chi connectivity index (χ2n) is 15.4. The highest BCUT2D eigenvalue weighted by Gasteiger charge is 2.68. The molecule has 0 spiro atoms. The molecule has 0 amide bonds. The van der Waals surface area contributed by atoms with Crippen molar-refractivity contribution in [2.24, 2.45) is 5.41 Å². The Labute approximate surface area is 341 Å². The molecule has 0 aromatic heterocycles. The highest BCUT2D eigenvalue weighted by molar-refractivity contribution is 6.03. The molecule has 2 bridgehead atoms. The molecule has 9 rings (SSSR count). The van der Waals surface area contributed by atoms with Crippen LogP contribution in [-0.4, -0.2) is 25.2 Å². The summed E-state index contributed by atoms with van der Waals surface area (Å²) in [6.07, 6.45) is 1.99. The Hall–Kier alpha value is -6.22. The summed E-state index contributed by atoms with van der Waals surface area (Å²) in [7, 11) is 0. The van der Waals surface area contributed by atoms with Gasteiger partial charge in [0.1, 0.15) is 11.2 Å². The zero-order chi connectivity index (χ0) is 40.1. The third kappa shape index (κ3) is 5.42. The lowest BCUT2D eigenvalue weighted by molar-refractivity contribution is -0.171. The van der Waals surface area contributed by atoms with Crippen LogP contribution in [0, 0.1) is 17.3 Å². The van der Waals surface area contributed by atoms with E-state index in [1.54, 1.807) is 13.8 Å². The molecule has 5 nitrogen and oxygen atoms in total. The number of benzene rings is 6. The van der Waals surface area contributed by atoms with Crippen LogP contribution in [0.1, 0.15) is 94.5 Å². The van der Waals surface area contributed by atoms with Crippen LogP contribution in [-0.2, 0) is 60.7 Å². The molecule has 5 heteroatoms. The standard InChI is InChI=1S/C53H46O5/c1-5-35-23-25-37(26-24-35)29-32-41-42-33-51(49(54)56-7-3,50(55)57-8-4)34-43(42)47-48(46(41)38-30-27-36(6-2)28-31-38)53(40-19-13-10-14-20-40)45-22-16-15-21-44(45)52(47,58-53)39-17-11-9-12-18-39/h9-28,30-31H,5-8,33-34H2,1-4H3. The molecule has 2 heterocycles. The number of carbonyl (C=O) groups excluding carboxylic acids is 2. The van der Waals surface area contributed by atoms with E-state index in [-0.39, 0.29) is 26.1 Å². The molecule has 2 aliphatic heterocycles. The molecule has 6 aromatic carbocycles. The first-order valence-electron chi connectivity index (χ1n) is 20.5. The third-order valence-electron chi connectivity index (χ3n) is 12.4. The summed E-state index contributed by atoms with van der Waals surface area (Å²) in [5, 5.41) is 0. The first-order valence-corrected chi connectivity index (χ1v) is 20.5. The van der Waals surface area contributed by atoms with E-state index in [1.807, 2.05) is 24.3 Å². The summed E-state index contributed by atoms with van der Waals surface area (Å²) in [6, 6.07) is 46.4. The molecule has 0 saturated carbocycles. The Morgan fingerprint density at radius 2 is 1.05 bits per heavy atom. The monoisotopic (exact) mass is 762 g/mol. The van der Waals surface area contributed by atoms with E-state index < -0.39 is 28.6 Å². The predicted molar refractivity (Wildman–Crippen MR) is 226 cm³/mol. The Kier molecular flexibility index (Phi) is 9.42. The molecule has 6 aromatic rings. The van der Waals surface area contributed by atoms with Crippen molar-refractivity contribution in [3.8, 4) is 23.0 Å². The number of aryl methyl sites for hydroxylation is 2. The Morgan fingerprint density at radius 1 is 0.569 bits per heavy atom. The van der Waals surface area contributed by atoms with Gasteiger partial charge in [-0.2, -0.15) is 0 Å². The second kappa shape index (κ2) is 14.6. The van der Waals surface area contributed by atoms with Gasteiger partial charge in [0, 0.05) is 40.7 Å². The van der Waals surface area contributed by atoms with Crippen molar-refractivity contribution in [2.45, 2.75) is 64.6 Å². The molecular formula is C53H46O5. The van der Waals surface area contributed by atoms with E-state index in [0.29, 0.717) is 0 Å². The van der Waals surface area contributed by atoms with Crippen LogP contribution < -0.4 is 0 Å². The lowest BCUT2D eigenvalue weighted by Gasteiger charge is -2.35. The SMILES string of the molecule is CCOC(=O)C1(C(=O)OCC)Cc2c(C#Cc3ccc(CC)cc3)c(-c3ccc(CC)cc3)c3c(c2C1)C1(c2ccccc2)OC3(c2ccccc2)c2ccccc21. The Balaban J connectivity index is 1.48. The van der Waals surface area contributed by atoms with Gasteiger partial charge in [0.2, 0.25) is 0 Å². The van der Waals surface area contributed by atoms with E-state index in [4.69, 9.17) is 14.2 Å². The minimum absolute atomic E-state index is 0.0803. The van der Waals surface area contributed by atoms with Gasteiger partial charge in [0.05, 0.1) is 13.2 Å². The number of esters is 2. The minimum atomic E-state index is -1.62. The van der Waals surface area contributed by atoms with Crippen molar-refractivity contribution in [1.82, 2.24) is 0 Å². The smallest absolute Gasteiger partial charge is 0.324 e. The summed E-state index contributed by atoms with van der Waals surface area (Å²) in [5.41, 5.74) is 9.95. The van der Waals surface area contributed by atoms with Crippen molar-refractivity contribution in [3.63, 3.8) is 0 Å². The fraction of sp³-hybridized carbons (Fsp3) is 0.245. The van der Waals surface area contributed by atoms with E-state index in [1.165, 1.54) is 11.1 Å². The van der Waals surface area contributed by atoms with Crippen molar-refractivity contribution in [3.05, 3.63) is 200 Å². The van der Waals surface area contributed by atoms with E-state index >= 15 is 0 Å². The highest BCUT2D eigenvalue weighted by Crippen LogP contribution is 2.70. The molecule has 0 saturated heterocycles. The topological polar surface area (TPSA) is 61.8 Å². The van der Waals surface area contributed by atoms with Crippen molar-refractivity contribution in [2.75, 3.05) is 13.2 Å². The summed E-state index contributed by atoms with van der Waals surface area (Å²) >= 11 is 0. The van der Waals surface area contributed by atoms with E-state index in [2.05, 4.69) is 135 Å². The lowest BCUT2D eigenvalue weighted by atomic mass is 9.64. The van der Waals surface area contributed by atoms with Gasteiger partial charge in [-0.25, -0.2) is 0 Å². The fourth-order valence-electron chi connectivity index (χ4n) is 9.72. The first-order chi connectivity index (χ1) is 28.4. The average molecular weight is 763 g/mol. The zero-order valence-corrected chi connectivity index (χ0v) is 33.5. The van der Waals surface area contributed by atoms with Gasteiger partial charge in [0.15, 0.2) is 5.41 Å². The van der Waals surface area contributed by atoms with Gasteiger partial charge in [-0.3, -0.25) is 9.59 Å². The maximum Gasteiger partial charge on any atom is 0.324 e. The maximum atomic E-state index is 14.4. The summed E-state index contributed by atoms with van der Waals surface area (Å²) in [4.78, 5) is 28.9. The molecule has 1 aliphatic carbocycles. The number of rotatable bonds is 9. The fourth-order valence-corrected chi connectivity index (χ4v) is 9.72. The summed E-state index contributed by atoms with van der Waals surface area (Å²) < 4.78 is 19.5. The molecular weight excluding hydrogens is 717 g/mol. The molecule has 0 fully saturated rings. The third-order valence-corrected chi connectivity index (χ3v) is 12.4. The number of hydrogen-bond donors (Lipinski definition) is 0. The van der Waals surface area contributed by atoms with Crippen LogP contribution in [0.15, 0.2) is 133 Å². The van der Waals surface area contributed by atoms with Crippen LogP contribution in [0.5, 0.6) is 0 Å². The molecule has 0 N–H and O–H groups in total. The summed E-state index contributed by atoms with van der Waals surface area (Å²) in [5.74, 6) is 6.06. The quantitative estimate of drug-likeness (QED) is 0.0834. The van der Waals surface area contributed by atoms with Gasteiger partial charge in [-0.15, -0.1) is 0 Å². The lowest BCUT2D eigenvalue weighted by Crippen LogP contribution is -2.43. The van der Waals surface area contributed by atoms with Crippen LogP contribution >= 0.6 is 0 Å². The van der Waals surface area contributed by atoms with E-state index in [9.17, 15) is 9.59 Å². The van der Waals surface area contributed by atoms with Gasteiger partial charge < -0.3 is 14.2 Å². The van der Waals surface area contributed by atoms with Crippen LogP contribution in [0.2, 0.25) is 0 Å².